The van der Waals surface area contributed by atoms with Crippen LogP contribution in [-0.4, -0.2) is 29.8 Å². The maximum absolute atomic E-state index is 11.7. The van der Waals surface area contributed by atoms with Crippen LogP contribution >= 0.6 is 7.82 Å². The molecule has 120 valence electrons. The average molecular weight is 308 g/mol. The van der Waals surface area contributed by atoms with Crippen LogP contribution in [0.2, 0.25) is 0 Å². The van der Waals surface area contributed by atoms with E-state index in [9.17, 15) is 9.46 Å². The van der Waals surface area contributed by atoms with Gasteiger partial charge in [-0.1, -0.05) is 26.2 Å². The van der Waals surface area contributed by atoms with Crippen molar-refractivity contribution in [2.24, 2.45) is 11.8 Å². The van der Waals surface area contributed by atoms with Crippen LogP contribution in [0.4, 0.5) is 0 Å². The highest BCUT2D eigenvalue weighted by molar-refractivity contribution is 7.47. The van der Waals surface area contributed by atoms with Crippen molar-refractivity contribution in [3.05, 3.63) is 0 Å². The maximum Gasteiger partial charge on any atom is 0.472 e. The molecule has 0 aliphatic heterocycles. The summed E-state index contributed by atoms with van der Waals surface area (Å²) < 4.78 is 21.7. The number of hydrogen-bond donors (Lipinski definition) is 2. The third kappa shape index (κ3) is 7.75. The molecule has 1 atom stereocenters. The number of rotatable bonds is 10. The molecule has 0 aromatic heterocycles. The second-order valence-corrected chi connectivity index (χ2v) is 7.18. The van der Waals surface area contributed by atoms with Crippen molar-refractivity contribution in [2.45, 2.75) is 58.3 Å². The minimum Gasteiger partial charge on any atom is -0.396 e. The highest BCUT2D eigenvalue weighted by Crippen LogP contribution is 2.44. The van der Waals surface area contributed by atoms with Crippen LogP contribution < -0.4 is 0 Å². The van der Waals surface area contributed by atoms with Gasteiger partial charge in [0, 0.05) is 6.61 Å². The summed E-state index contributed by atoms with van der Waals surface area (Å²) in [6.45, 7) is 2.92. The lowest BCUT2D eigenvalue weighted by Crippen LogP contribution is -2.20. The van der Waals surface area contributed by atoms with Crippen LogP contribution in [0.5, 0.6) is 0 Å². The zero-order valence-corrected chi connectivity index (χ0v) is 13.4. The molecule has 0 aromatic carbocycles. The maximum atomic E-state index is 11.7. The SMILES string of the molecule is CCCCCCOP(=O)(O)OC[C@H]1CC[C@H](CO)CC1. The van der Waals surface area contributed by atoms with Gasteiger partial charge in [-0.3, -0.25) is 9.05 Å². The molecule has 5 nitrogen and oxygen atoms in total. The average Bonchev–Trinajstić information content (AvgIpc) is 2.45. The van der Waals surface area contributed by atoms with Crippen molar-refractivity contribution in [3.8, 4) is 0 Å². The number of hydrogen-bond acceptors (Lipinski definition) is 4. The third-order valence-corrected chi connectivity index (χ3v) is 4.93. The first kappa shape index (κ1) is 18.1. The van der Waals surface area contributed by atoms with Gasteiger partial charge >= 0.3 is 7.82 Å². The van der Waals surface area contributed by atoms with Crippen molar-refractivity contribution in [1.82, 2.24) is 0 Å². The minimum absolute atomic E-state index is 0.243. The number of unbranched alkanes of at least 4 members (excludes halogenated alkanes) is 3. The molecule has 0 heterocycles. The smallest absolute Gasteiger partial charge is 0.396 e. The van der Waals surface area contributed by atoms with E-state index in [-0.39, 0.29) is 19.8 Å². The van der Waals surface area contributed by atoms with Gasteiger partial charge in [0.2, 0.25) is 0 Å². The molecule has 0 aromatic rings. The minimum atomic E-state index is -3.88. The fourth-order valence-electron chi connectivity index (χ4n) is 2.53. The zero-order chi connectivity index (χ0) is 14.8. The second-order valence-electron chi connectivity index (χ2n) is 5.73. The highest BCUT2D eigenvalue weighted by atomic mass is 31.2. The summed E-state index contributed by atoms with van der Waals surface area (Å²) in [5.41, 5.74) is 0. The predicted octanol–water partition coefficient (Wildman–Crippen LogP) is 3.50. The molecule has 1 rings (SSSR count). The molecule has 0 saturated heterocycles. The van der Waals surface area contributed by atoms with E-state index in [2.05, 4.69) is 6.92 Å². The lowest BCUT2D eigenvalue weighted by Gasteiger charge is -2.27. The van der Waals surface area contributed by atoms with Gasteiger partial charge in [0.15, 0.2) is 0 Å². The van der Waals surface area contributed by atoms with Crippen LogP contribution in [-0.2, 0) is 13.6 Å². The molecule has 1 saturated carbocycles. The van der Waals surface area contributed by atoms with Crippen molar-refractivity contribution in [2.75, 3.05) is 19.8 Å². The molecular formula is C14H29O5P. The second kappa shape index (κ2) is 9.91. The van der Waals surface area contributed by atoms with Gasteiger partial charge < -0.3 is 10.00 Å². The molecule has 0 radical (unpaired) electrons. The van der Waals surface area contributed by atoms with Crippen LogP contribution in [0.3, 0.4) is 0 Å². The first-order valence-electron chi connectivity index (χ1n) is 7.80. The van der Waals surface area contributed by atoms with E-state index < -0.39 is 7.82 Å². The van der Waals surface area contributed by atoms with Gasteiger partial charge in [-0.15, -0.1) is 0 Å². The first-order chi connectivity index (χ1) is 9.57. The lowest BCUT2D eigenvalue weighted by atomic mass is 9.83. The van der Waals surface area contributed by atoms with Gasteiger partial charge in [0.25, 0.3) is 0 Å². The molecule has 1 aliphatic carbocycles. The summed E-state index contributed by atoms with van der Waals surface area (Å²) in [6.07, 6.45) is 7.89. The van der Waals surface area contributed by atoms with Gasteiger partial charge in [-0.2, -0.15) is 0 Å². The zero-order valence-electron chi connectivity index (χ0n) is 12.5. The monoisotopic (exact) mass is 308 g/mol. The predicted molar refractivity (Wildman–Crippen MR) is 78.4 cm³/mol. The van der Waals surface area contributed by atoms with E-state index in [1.165, 1.54) is 0 Å². The van der Waals surface area contributed by atoms with Crippen LogP contribution in [0, 0.1) is 11.8 Å². The van der Waals surface area contributed by atoms with Gasteiger partial charge in [0.05, 0.1) is 13.2 Å². The Bertz CT molecular complexity index is 289. The van der Waals surface area contributed by atoms with E-state index in [0.717, 1.165) is 51.4 Å². The Morgan fingerprint density at radius 3 is 2.30 bits per heavy atom. The quantitative estimate of drug-likeness (QED) is 0.477. The number of aliphatic hydroxyl groups excluding tert-OH is 1. The van der Waals surface area contributed by atoms with Crippen LogP contribution in [0.25, 0.3) is 0 Å². The Morgan fingerprint density at radius 2 is 1.70 bits per heavy atom. The van der Waals surface area contributed by atoms with Gasteiger partial charge in [0.1, 0.15) is 0 Å². The molecule has 2 N–H and O–H groups in total. The first-order valence-corrected chi connectivity index (χ1v) is 9.29. The molecule has 1 unspecified atom stereocenters. The van der Waals surface area contributed by atoms with E-state index >= 15 is 0 Å². The summed E-state index contributed by atoms with van der Waals surface area (Å²) in [5, 5.41) is 9.06. The standard InChI is InChI=1S/C14H29O5P/c1-2-3-4-5-10-18-20(16,17)19-12-14-8-6-13(11-15)7-9-14/h13-15H,2-12H2,1H3,(H,16,17)/t13-,14-. The summed E-state index contributed by atoms with van der Waals surface area (Å²) >= 11 is 0. The third-order valence-electron chi connectivity index (χ3n) is 3.95. The Labute approximate surface area is 122 Å². The summed E-state index contributed by atoms with van der Waals surface area (Å²) in [7, 11) is -3.88. The summed E-state index contributed by atoms with van der Waals surface area (Å²) in [4.78, 5) is 9.57. The van der Waals surface area contributed by atoms with Crippen molar-refractivity contribution < 1.29 is 23.6 Å². The number of phosphoric acid groups is 1. The molecule has 0 bridgehead atoms. The molecule has 0 spiro atoms. The molecule has 1 aliphatic rings. The molecule has 0 amide bonds. The van der Waals surface area contributed by atoms with Crippen molar-refractivity contribution in [3.63, 3.8) is 0 Å². The Hall–Kier alpha value is 0.0700. The Morgan fingerprint density at radius 1 is 1.05 bits per heavy atom. The van der Waals surface area contributed by atoms with E-state index in [4.69, 9.17) is 14.2 Å². The molecular weight excluding hydrogens is 279 g/mol. The normalized spacial score (nSPS) is 26.4. The van der Waals surface area contributed by atoms with E-state index in [1.807, 2.05) is 0 Å². The van der Waals surface area contributed by atoms with Crippen LogP contribution in [0.1, 0.15) is 58.3 Å². The molecule has 20 heavy (non-hydrogen) atoms. The highest BCUT2D eigenvalue weighted by Gasteiger charge is 2.26. The largest absolute Gasteiger partial charge is 0.472 e. The van der Waals surface area contributed by atoms with E-state index in [0.29, 0.717) is 11.8 Å². The van der Waals surface area contributed by atoms with E-state index in [1.54, 1.807) is 0 Å². The number of phosphoric ester groups is 1. The lowest BCUT2D eigenvalue weighted by molar-refractivity contribution is 0.102. The topological polar surface area (TPSA) is 76.0 Å². The molecule has 1 fully saturated rings. The number of aliphatic hydroxyl groups is 1. The van der Waals surface area contributed by atoms with Crippen molar-refractivity contribution >= 4 is 7.82 Å². The summed E-state index contributed by atoms with van der Waals surface area (Å²) in [6, 6.07) is 0. The van der Waals surface area contributed by atoms with Crippen molar-refractivity contribution in [1.29, 1.82) is 0 Å². The fourth-order valence-corrected chi connectivity index (χ4v) is 3.36. The Balaban J connectivity index is 2.11. The van der Waals surface area contributed by atoms with Crippen LogP contribution in [0.15, 0.2) is 0 Å². The fraction of sp³-hybridized carbons (Fsp3) is 1.00. The summed E-state index contributed by atoms with van der Waals surface area (Å²) in [5.74, 6) is 0.698. The van der Waals surface area contributed by atoms with Gasteiger partial charge in [-0.25, -0.2) is 4.57 Å². The van der Waals surface area contributed by atoms with Gasteiger partial charge in [-0.05, 0) is 43.9 Å². The Kier molecular flexibility index (Phi) is 8.98. The molecule has 6 heteroatoms.